The Morgan fingerprint density at radius 2 is 2.09 bits per heavy atom. The van der Waals surface area contributed by atoms with E-state index in [1.54, 1.807) is 12.1 Å². The number of hydrogen-bond acceptors (Lipinski definition) is 5. The molecule has 1 amide bonds. The van der Waals surface area contributed by atoms with E-state index < -0.39 is 5.97 Å². The van der Waals surface area contributed by atoms with E-state index in [0.29, 0.717) is 36.5 Å². The molecule has 1 aliphatic heterocycles. The average molecular weight is 498 g/mol. The number of benzene rings is 2. The van der Waals surface area contributed by atoms with E-state index in [9.17, 15) is 14.4 Å². The molecule has 7 heteroatoms. The fourth-order valence-corrected chi connectivity index (χ4v) is 4.60. The van der Waals surface area contributed by atoms with E-state index in [0.717, 1.165) is 49.5 Å². The zero-order valence-corrected chi connectivity index (χ0v) is 20.8. The fraction of sp³-hybridized carbons (Fsp3) is 0.393. The Balaban J connectivity index is 1.70. The first kappa shape index (κ1) is 26.6. The number of ether oxygens (including phenoxy) is 2. The number of esters is 1. The van der Waals surface area contributed by atoms with Crippen LogP contribution in [0.2, 0.25) is 5.02 Å². The maximum absolute atomic E-state index is 12.9. The molecule has 1 N–H and O–H groups in total. The zero-order chi connectivity index (χ0) is 25.2. The summed E-state index contributed by atoms with van der Waals surface area (Å²) in [7, 11) is 0. The van der Waals surface area contributed by atoms with Gasteiger partial charge in [0.25, 0.3) is 0 Å². The predicted molar refractivity (Wildman–Crippen MR) is 137 cm³/mol. The Kier molecular flexibility index (Phi) is 10.1. The summed E-state index contributed by atoms with van der Waals surface area (Å²) >= 11 is 6.26. The maximum Gasteiger partial charge on any atom is 0.308 e. The lowest BCUT2D eigenvalue weighted by molar-refractivity contribution is -0.132. The lowest BCUT2D eigenvalue weighted by Crippen LogP contribution is -2.37. The summed E-state index contributed by atoms with van der Waals surface area (Å²) < 4.78 is 10.8. The number of hydrogen-bond donors (Lipinski definition) is 1. The van der Waals surface area contributed by atoms with Gasteiger partial charge in [0, 0.05) is 19.1 Å². The molecule has 6 nitrogen and oxygen atoms in total. The van der Waals surface area contributed by atoms with Crippen molar-refractivity contribution in [3.63, 3.8) is 0 Å². The van der Waals surface area contributed by atoms with E-state index in [-0.39, 0.29) is 22.9 Å². The molecule has 0 saturated carbocycles. The van der Waals surface area contributed by atoms with Crippen LogP contribution in [-0.4, -0.2) is 31.4 Å². The summed E-state index contributed by atoms with van der Waals surface area (Å²) in [5.41, 5.74) is 3.17. The number of carbonyl (C=O) groups is 3. The van der Waals surface area contributed by atoms with Gasteiger partial charge in [-0.3, -0.25) is 14.4 Å². The molecule has 0 bridgehead atoms. The van der Waals surface area contributed by atoms with Gasteiger partial charge in [-0.2, -0.15) is 0 Å². The van der Waals surface area contributed by atoms with Gasteiger partial charge in [0.1, 0.15) is 6.29 Å². The van der Waals surface area contributed by atoms with Gasteiger partial charge < -0.3 is 14.8 Å². The van der Waals surface area contributed by atoms with Gasteiger partial charge in [-0.25, -0.2) is 0 Å². The second-order valence-electron chi connectivity index (χ2n) is 8.80. The molecule has 3 rings (SSSR count). The first-order valence-corrected chi connectivity index (χ1v) is 12.4. The monoisotopic (exact) mass is 497 g/mol. The molecule has 0 aromatic heterocycles. The highest BCUT2D eigenvalue weighted by Crippen LogP contribution is 2.32. The summed E-state index contributed by atoms with van der Waals surface area (Å²) in [5.74, 6) is -0.288. The molecule has 1 fully saturated rings. The van der Waals surface area contributed by atoms with E-state index in [1.165, 1.54) is 13.0 Å². The second-order valence-corrected chi connectivity index (χ2v) is 9.20. The topological polar surface area (TPSA) is 81.7 Å². The van der Waals surface area contributed by atoms with Crippen LogP contribution in [0.25, 0.3) is 6.08 Å². The summed E-state index contributed by atoms with van der Waals surface area (Å²) in [4.78, 5) is 35.7. The van der Waals surface area contributed by atoms with Crippen LogP contribution in [0.5, 0.6) is 5.75 Å². The van der Waals surface area contributed by atoms with Crippen LogP contribution in [0.3, 0.4) is 0 Å². The smallest absolute Gasteiger partial charge is 0.308 e. The van der Waals surface area contributed by atoms with Gasteiger partial charge >= 0.3 is 5.97 Å². The molecule has 2 aromatic rings. The molecular formula is C28H32ClNO5. The van der Waals surface area contributed by atoms with Crippen LogP contribution in [0.4, 0.5) is 0 Å². The molecule has 1 heterocycles. The number of nitrogens with one attached hydrogen (secondary N) is 1. The van der Waals surface area contributed by atoms with Crippen molar-refractivity contribution in [1.82, 2.24) is 5.32 Å². The number of aldehydes is 1. The normalized spacial score (nSPS) is 16.2. The Hall–Kier alpha value is -2.96. The number of halogens is 1. The Morgan fingerprint density at radius 3 is 2.77 bits per heavy atom. The number of unbranched alkanes of at least 4 members (excludes halogenated alkanes) is 1. The fourth-order valence-electron chi connectivity index (χ4n) is 4.31. The predicted octanol–water partition coefficient (Wildman–Crippen LogP) is 5.72. The average Bonchev–Trinajstić information content (AvgIpc) is 2.87. The summed E-state index contributed by atoms with van der Waals surface area (Å²) in [5, 5.41) is 3.46. The SMILES string of the molecule is C=Cc1cccc(C(CCCCc2cc(C=O)cc(Cl)c2OC(C)=O)NC(=O)C2CCCOC2)c1. The highest BCUT2D eigenvalue weighted by Gasteiger charge is 2.24. The minimum Gasteiger partial charge on any atom is -0.425 e. The van der Waals surface area contributed by atoms with Gasteiger partial charge in [0.05, 0.1) is 23.6 Å². The summed E-state index contributed by atoms with van der Waals surface area (Å²) in [6.45, 7) is 6.33. The van der Waals surface area contributed by atoms with Crippen molar-refractivity contribution in [3.8, 4) is 5.75 Å². The first-order chi connectivity index (χ1) is 16.9. The van der Waals surface area contributed by atoms with Crippen molar-refractivity contribution in [2.75, 3.05) is 13.2 Å². The Bertz CT molecular complexity index is 1060. The van der Waals surface area contributed by atoms with Crippen molar-refractivity contribution in [2.45, 2.75) is 51.5 Å². The molecular weight excluding hydrogens is 466 g/mol. The molecule has 2 atom stereocenters. The van der Waals surface area contributed by atoms with Crippen molar-refractivity contribution >= 4 is 35.8 Å². The Morgan fingerprint density at radius 1 is 1.26 bits per heavy atom. The maximum atomic E-state index is 12.9. The van der Waals surface area contributed by atoms with Crippen LogP contribution in [0.1, 0.15) is 72.1 Å². The van der Waals surface area contributed by atoms with E-state index in [1.807, 2.05) is 24.3 Å². The minimum absolute atomic E-state index is 0.0151. The van der Waals surface area contributed by atoms with E-state index in [4.69, 9.17) is 21.1 Å². The van der Waals surface area contributed by atoms with Gasteiger partial charge in [-0.15, -0.1) is 0 Å². The van der Waals surface area contributed by atoms with Crippen LogP contribution in [0, 0.1) is 5.92 Å². The first-order valence-electron chi connectivity index (χ1n) is 12.0. The third-order valence-corrected chi connectivity index (χ3v) is 6.39. The lowest BCUT2D eigenvalue weighted by atomic mass is 9.95. The molecule has 0 aliphatic carbocycles. The van der Waals surface area contributed by atoms with E-state index in [2.05, 4.69) is 11.9 Å². The third kappa shape index (κ3) is 7.77. The molecule has 35 heavy (non-hydrogen) atoms. The van der Waals surface area contributed by atoms with Crippen LogP contribution in [-0.2, 0) is 20.7 Å². The van der Waals surface area contributed by atoms with E-state index >= 15 is 0 Å². The Labute approximate surface area is 211 Å². The molecule has 2 aromatic carbocycles. The zero-order valence-electron chi connectivity index (χ0n) is 20.1. The van der Waals surface area contributed by atoms with Gasteiger partial charge in [0.2, 0.25) is 5.91 Å². The lowest BCUT2D eigenvalue weighted by Gasteiger charge is -2.26. The third-order valence-electron chi connectivity index (χ3n) is 6.11. The number of amides is 1. The van der Waals surface area contributed by atoms with Crippen LogP contribution < -0.4 is 10.1 Å². The number of aryl methyl sites for hydroxylation is 1. The van der Waals surface area contributed by atoms with Gasteiger partial charge in [-0.05, 0) is 67.0 Å². The summed E-state index contributed by atoms with van der Waals surface area (Å²) in [6, 6.07) is 11.0. The van der Waals surface area contributed by atoms with Crippen molar-refractivity contribution in [1.29, 1.82) is 0 Å². The highest BCUT2D eigenvalue weighted by atomic mass is 35.5. The molecule has 0 radical (unpaired) electrons. The number of rotatable bonds is 11. The standard InChI is InChI=1S/C28H32ClNO5/c1-3-20-8-6-10-22(14-20)26(30-28(33)24-11-7-13-34-18-24)12-5-4-9-23-15-21(17-31)16-25(29)27(23)35-19(2)32/h3,6,8,10,14-17,24,26H,1,4-5,7,9,11-13,18H2,2H3,(H,30,33). The summed E-state index contributed by atoms with van der Waals surface area (Å²) in [6.07, 6.45) is 7.09. The molecule has 186 valence electrons. The van der Waals surface area contributed by atoms with Crippen molar-refractivity contribution < 1.29 is 23.9 Å². The molecule has 1 saturated heterocycles. The molecule has 2 unspecified atom stereocenters. The minimum atomic E-state index is -0.469. The quantitative estimate of drug-likeness (QED) is 0.186. The number of carbonyl (C=O) groups excluding carboxylic acids is 3. The molecule has 1 aliphatic rings. The van der Waals surface area contributed by atoms with Crippen molar-refractivity contribution in [3.05, 3.63) is 70.3 Å². The largest absolute Gasteiger partial charge is 0.425 e. The van der Waals surface area contributed by atoms with Crippen LogP contribution in [0.15, 0.2) is 43.0 Å². The molecule has 0 spiro atoms. The van der Waals surface area contributed by atoms with Gasteiger partial charge in [0.15, 0.2) is 5.75 Å². The highest BCUT2D eigenvalue weighted by molar-refractivity contribution is 6.32. The van der Waals surface area contributed by atoms with Gasteiger partial charge in [-0.1, -0.05) is 48.9 Å². The second kappa shape index (κ2) is 13.2. The van der Waals surface area contributed by atoms with Crippen LogP contribution >= 0.6 is 11.6 Å². The van der Waals surface area contributed by atoms with Crippen molar-refractivity contribution in [2.24, 2.45) is 5.92 Å².